The topological polar surface area (TPSA) is 84.2 Å². The maximum absolute atomic E-state index is 12.9. The monoisotopic (exact) mass is 405 g/mol. The second kappa shape index (κ2) is 7.34. The number of halogens is 3. The minimum atomic E-state index is -4.46. The van der Waals surface area contributed by atoms with E-state index in [4.69, 9.17) is 4.52 Å². The third-order valence-electron chi connectivity index (χ3n) is 4.97. The third-order valence-corrected chi connectivity index (χ3v) is 4.97. The van der Waals surface area contributed by atoms with Crippen molar-refractivity contribution >= 4 is 28.5 Å². The van der Waals surface area contributed by atoms with Crippen molar-refractivity contribution in [3.63, 3.8) is 0 Å². The summed E-state index contributed by atoms with van der Waals surface area (Å²) in [4.78, 5) is 23.1. The SMILES string of the molecule is Cc1noc2ncnc(N3CCC[C@H](C(=O)Nc4cccc(C(F)(F)F)c4)C3)c12. The number of amides is 1. The van der Waals surface area contributed by atoms with E-state index in [1.807, 2.05) is 4.90 Å². The lowest BCUT2D eigenvalue weighted by atomic mass is 9.96. The Morgan fingerprint density at radius 3 is 2.93 bits per heavy atom. The zero-order valence-electron chi connectivity index (χ0n) is 15.5. The van der Waals surface area contributed by atoms with E-state index < -0.39 is 11.7 Å². The number of carbonyl (C=O) groups is 1. The van der Waals surface area contributed by atoms with Crippen LogP contribution >= 0.6 is 0 Å². The van der Waals surface area contributed by atoms with Crippen molar-refractivity contribution in [2.24, 2.45) is 5.92 Å². The molecule has 1 atom stereocenters. The van der Waals surface area contributed by atoms with Crippen LogP contribution in [0.5, 0.6) is 0 Å². The predicted octanol–water partition coefficient (Wildman–Crippen LogP) is 3.80. The Hall–Kier alpha value is -3.17. The van der Waals surface area contributed by atoms with Gasteiger partial charge in [0.05, 0.1) is 17.2 Å². The number of hydrogen-bond donors (Lipinski definition) is 1. The molecule has 1 saturated heterocycles. The summed E-state index contributed by atoms with van der Waals surface area (Å²) < 4.78 is 43.8. The van der Waals surface area contributed by atoms with Gasteiger partial charge in [0, 0.05) is 18.8 Å². The molecule has 1 N–H and O–H groups in total. The number of benzene rings is 1. The maximum Gasteiger partial charge on any atom is 0.416 e. The molecule has 1 amide bonds. The minimum absolute atomic E-state index is 0.126. The van der Waals surface area contributed by atoms with Crippen LogP contribution in [0.15, 0.2) is 35.1 Å². The molecule has 1 aliphatic rings. The first kappa shape index (κ1) is 19.2. The number of aromatic nitrogens is 3. The molecule has 3 aromatic rings. The van der Waals surface area contributed by atoms with E-state index in [1.54, 1.807) is 6.92 Å². The molecular weight excluding hydrogens is 387 g/mol. The van der Waals surface area contributed by atoms with Gasteiger partial charge in [-0.2, -0.15) is 18.2 Å². The highest BCUT2D eigenvalue weighted by atomic mass is 19.4. The summed E-state index contributed by atoms with van der Waals surface area (Å²) in [6.45, 7) is 2.88. The Balaban J connectivity index is 1.51. The molecule has 0 unspecified atom stereocenters. The van der Waals surface area contributed by atoms with Crippen molar-refractivity contribution in [2.75, 3.05) is 23.3 Å². The van der Waals surface area contributed by atoms with Crippen LogP contribution in [0.2, 0.25) is 0 Å². The smallest absolute Gasteiger partial charge is 0.355 e. The van der Waals surface area contributed by atoms with Gasteiger partial charge in [0.1, 0.15) is 17.5 Å². The average Bonchev–Trinajstić information content (AvgIpc) is 3.09. The molecule has 1 aromatic carbocycles. The Morgan fingerprint density at radius 2 is 2.14 bits per heavy atom. The normalized spacial score (nSPS) is 17.5. The van der Waals surface area contributed by atoms with Crippen LogP contribution < -0.4 is 10.2 Å². The molecule has 0 aliphatic carbocycles. The molecule has 0 radical (unpaired) electrons. The zero-order chi connectivity index (χ0) is 20.6. The van der Waals surface area contributed by atoms with Crippen molar-refractivity contribution in [3.8, 4) is 0 Å². The number of anilines is 2. The second-order valence-corrected chi connectivity index (χ2v) is 7.00. The highest BCUT2D eigenvalue weighted by molar-refractivity contribution is 5.94. The number of aryl methyl sites for hydroxylation is 1. The van der Waals surface area contributed by atoms with Crippen molar-refractivity contribution in [1.82, 2.24) is 15.1 Å². The highest BCUT2D eigenvalue weighted by Crippen LogP contribution is 2.32. The molecule has 2 aromatic heterocycles. The number of alkyl halides is 3. The summed E-state index contributed by atoms with van der Waals surface area (Å²) in [6.07, 6.45) is -1.69. The van der Waals surface area contributed by atoms with Gasteiger partial charge in [0.2, 0.25) is 5.91 Å². The van der Waals surface area contributed by atoms with Crippen LogP contribution in [0.25, 0.3) is 11.1 Å². The maximum atomic E-state index is 12.9. The van der Waals surface area contributed by atoms with Crippen LogP contribution in [-0.2, 0) is 11.0 Å². The molecular formula is C19H18F3N5O2. The van der Waals surface area contributed by atoms with Gasteiger partial charge < -0.3 is 14.7 Å². The van der Waals surface area contributed by atoms with Gasteiger partial charge in [-0.25, -0.2) is 4.98 Å². The summed E-state index contributed by atoms with van der Waals surface area (Å²) in [6, 6.07) is 4.63. The first-order chi connectivity index (χ1) is 13.8. The van der Waals surface area contributed by atoms with Crippen molar-refractivity contribution in [3.05, 3.63) is 41.9 Å². The summed E-state index contributed by atoms with van der Waals surface area (Å²) in [7, 11) is 0. The number of fused-ring (bicyclic) bond motifs is 1. The Kier molecular flexibility index (Phi) is 4.85. The summed E-state index contributed by atoms with van der Waals surface area (Å²) in [5, 5.41) is 7.22. The molecule has 3 heterocycles. The summed E-state index contributed by atoms with van der Waals surface area (Å²) in [5.41, 5.74) is 0.363. The van der Waals surface area contributed by atoms with Crippen LogP contribution in [0.1, 0.15) is 24.1 Å². The Labute approximate surface area is 163 Å². The van der Waals surface area contributed by atoms with E-state index in [-0.39, 0.29) is 17.5 Å². The molecule has 152 valence electrons. The Bertz CT molecular complexity index is 1050. The fourth-order valence-electron chi connectivity index (χ4n) is 3.54. The van der Waals surface area contributed by atoms with Gasteiger partial charge in [0.25, 0.3) is 5.71 Å². The van der Waals surface area contributed by atoms with Crippen LogP contribution in [0.3, 0.4) is 0 Å². The average molecular weight is 405 g/mol. The molecule has 0 saturated carbocycles. The van der Waals surface area contributed by atoms with Gasteiger partial charge in [-0.15, -0.1) is 0 Å². The van der Waals surface area contributed by atoms with Gasteiger partial charge >= 0.3 is 6.18 Å². The van der Waals surface area contributed by atoms with Gasteiger partial charge in [0.15, 0.2) is 0 Å². The van der Waals surface area contributed by atoms with E-state index in [0.717, 1.165) is 18.6 Å². The second-order valence-electron chi connectivity index (χ2n) is 7.00. The van der Waals surface area contributed by atoms with Gasteiger partial charge in [-0.05, 0) is 38.0 Å². The van der Waals surface area contributed by atoms with Crippen LogP contribution in [0, 0.1) is 12.8 Å². The lowest BCUT2D eigenvalue weighted by Gasteiger charge is -2.33. The molecule has 0 bridgehead atoms. The molecule has 7 nitrogen and oxygen atoms in total. The highest BCUT2D eigenvalue weighted by Gasteiger charge is 2.31. The molecule has 10 heteroatoms. The first-order valence-corrected chi connectivity index (χ1v) is 9.13. The van der Waals surface area contributed by atoms with E-state index >= 15 is 0 Å². The number of rotatable bonds is 3. The van der Waals surface area contributed by atoms with Crippen molar-refractivity contribution in [2.45, 2.75) is 25.9 Å². The minimum Gasteiger partial charge on any atom is -0.355 e. The molecule has 1 fully saturated rings. The van der Waals surface area contributed by atoms with E-state index in [9.17, 15) is 18.0 Å². The molecule has 1 aliphatic heterocycles. The van der Waals surface area contributed by atoms with Gasteiger partial charge in [-0.1, -0.05) is 11.2 Å². The fraction of sp³-hybridized carbons (Fsp3) is 0.368. The number of piperidine rings is 1. The van der Waals surface area contributed by atoms with Crippen molar-refractivity contribution in [1.29, 1.82) is 0 Å². The number of nitrogens with one attached hydrogen (secondary N) is 1. The zero-order valence-corrected chi connectivity index (χ0v) is 15.5. The molecule has 29 heavy (non-hydrogen) atoms. The number of nitrogens with zero attached hydrogens (tertiary/aromatic N) is 4. The lowest BCUT2D eigenvalue weighted by Crippen LogP contribution is -2.41. The molecule has 4 rings (SSSR count). The summed E-state index contributed by atoms with van der Waals surface area (Å²) in [5.74, 6) is -0.0600. The van der Waals surface area contributed by atoms with Crippen molar-refractivity contribution < 1.29 is 22.5 Å². The largest absolute Gasteiger partial charge is 0.416 e. The molecule has 0 spiro atoms. The summed E-state index contributed by atoms with van der Waals surface area (Å²) >= 11 is 0. The van der Waals surface area contributed by atoms with Gasteiger partial charge in [-0.3, -0.25) is 4.79 Å². The lowest BCUT2D eigenvalue weighted by molar-refractivity contribution is -0.137. The first-order valence-electron chi connectivity index (χ1n) is 9.13. The van der Waals surface area contributed by atoms with Crippen LogP contribution in [0.4, 0.5) is 24.7 Å². The predicted molar refractivity (Wildman–Crippen MR) is 99.3 cm³/mol. The fourth-order valence-corrected chi connectivity index (χ4v) is 3.54. The number of hydrogen-bond acceptors (Lipinski definition) is 6. The standard InChI is InChI=1S/C19H18F3N5O2/c1-11-15-16(23-10-24-18(15)29-26-11)27-7-3-4-12(9-27)17(28)25-14-6-2-5-13(8-14)19(20,21)22/h2,5-6,8,10,12H,3-4,7,9H2,1H3,(H,25,28)/t12-/m0/s1. The quantitative estimate of drug-likeness (QED) is 0.714. The van der Waals surface area contributed by atoms with Crippen LogP contribution in [-0.4, -0.2) is 34.1 Å². The van der Waals surface area contributed by atoms with E-state index in [1.165, 1.54) is 18.5 Å². The van der Waals surface area contributed by atoms with E-state index in [0.29, 0.717) is 42.1 Å². The third kappa shape index (κ3) is 3.87. The number of carbonyl (C=O) groups excluding carboxylic acids is 1. The Morgan fingerprint density at radius 1 is 1.31 bits per heavy atom. The van der Waals surface area contributed by atoms with E-state index in [2.05, 4.69) is 20.4 Å².